The molecule has 0 bridgehead atoms. The van der Waals surface area contributed by atoms with Crippen molar-refractivity contribution in [2.75, 3.05) is 6.54 Å². The molecular weight excluding hydrogens is 220 g/mol. The summed E-state index contributed by atoms with van der Waals surface area (Å²) in [6, 6.07) is 0. The number of carbonyl (C=O) groups excluding carboxylic acids is 2. The molecule has 3 N–H and O–H groups in total. The van der Waals surface area contributed by atoms with E-state index in [-0.39, 0.29) is 18.4 Å². The molecule has 1 rings (SSSR count). The van der Waals surface area contributed by atoms with Crippen molar-refractivity contribution in [3.05, 3.63) is 18.2 Å². The van der Waals surface area contributed by atoms with Crippen LogP contribution in [0.2, 0.25) is 0 Å². The summed E-state index contributed by atoms with van der Waals surface area (Å²) >= 11 is 0. The Kier molecular flexibility index (Phi) is 4.25. The zero-order chi connectivity index (χ0) is 12.9. The zero-order valence-electron chi connectivity index (χ0n) is 10.3. The van der Waals surface area contributed by atoms with Crippen molar-refractivity contribution in [2.24, 2.45) is 5.41 Å². The van der Waals surface area contributed by atoms with Gasteiger partial charge >= 0.3 is 0 Å². The molecule has 6 heteroatoms. The quantitative estimate of drug-likeness (QED) is 0.699. The summed E-state index contributed by atoms with van der Waals surface area (Å²) in [5.41, 5.74) is -0.485. The Morgan fingerprint density at radius 1 is 1.35 bits per heavy atom. The van der Waals surface area contributed by atoms with Gasteiger partial charge in [0.25, 0.3) is 0 Å². The summed E-state index contributed by atoms with van der Waals surface area (Å²) in [5.74, 6) is 0.296. The molecule has 0 saturated carbocycles. The standard InChI is InChI=1S/C11H18N4O2/c1-11(2,3)10(17)15-7-9(16)14-6-8-12-4-5-13-8/h4-5H,6-7H2,1-3H3,(H,12,13)(H,14,16)(H,15,17). The minimum absolute atomic E-state index is 0.0171. The summed E-state index contributed by atoms with van der Waals surface area (Å²) in [5, 5.41) is 5.22. The predicted octanol–water partition coefficient (Wildman–Crippen LogP) is 0.188. The molecule has 6 nitrogen and oxygen atoms in total. The lowest BCUT2D eigenvalue weighted by Gasteiger charge is -2.17. The van der Waals surface area contributed by atoms with Gasteiger partial charge in [-0.3, -0.25) is 9.59 Å². The number of hydrogen-bond acceptors (Lipinski definition) is 3. The predicted molar refractivity (Wildman–Crippen MR) is 62.9 cm³/mol. The first-order valence-electron chi connectivity index (χ1n) is 5.43. The second-order valence-electron chi connectivity index (χ2n) is 4.75. The van der Waals surface area contributed by atoms with E-state index in [0.29, 0.717) is 12.4 Å². The minimum atomic E-state index is -0.485. The lowest BCUT2D eigenvalue weighted by molar-refractivity contribution is -0.131. The third-order valence-electron chi connectivity index (χ3n) is 2.10. The van der Waals surface area contributed by atoms with Crippen LogP contribution in [0.4, 0.5) is 0 Å². The number of H-pyrrole nitrogens is 1. The Bertz CT molecular complexity index is 379. The molecule has 0 saturated heterocycles. The van der Waals surface area contributed by atoms with E-state index in [1.54, 1.807) is 33.2 Å². The molecule has 0 aliphatic carbocycles. The van der Waals surface area contributed by atoms with Crippen LogP contribution in [0.3, 0.4) is 0 Å². The highest BCUT2D eigenvalue weighted by Crippen LogP contribution is 2.11. The van der Waals surface area contributed by atoms with Crippen LogP contribution in [0.15, 0.2) is 12.4 Å². The molecule has 0 aliphatic rings. The fourth-order valence-corrected chi connectivity index (χ4v) is 1.07. The van der Waals surface area contributed by atoms with E-state index in [0.717, 1.165) is 0 Å². The lowest BCUT2D eigenvalue weighted by Crippen LogP contribution is -2.41. The van der Waals surface area contributed by atoms with Crippen molar-refractivity contribution >= 4 is 11.8 Å². The SMILES string of the molecule is CC(C)(C)C(=O)NCC(=O)NCc1ncc[nH]1. The molecular formula is C11H18N4O2. The van der Waals surface area contributed by atoms with Crippen LogP contribution in [0.25, 0.3) is 0 Å². The van der Waals surface area contributed by atoms with Gasteiger partial charge in [-0.1, -0.05) is 20.8 Å². The maximum atomic E-state index is 11.5. The molecule has 0 atom stereocenters. The van der Waals surface area contributed by atoms with Crippen molar-refractivity contribution in [1.82, 2.24) is 20.6 Å². The summed E-state index contributed by atoms with van der Waals surface area (Å²) < 4.78 is 0. The third kappa shape index (κ3) is 4.67. The van der Waals surface area contributed by atoms with E-state index >= 15 is 0 Å². The van der Waals surface area contributed by atoms with Crippen molar-refractivity contribution in [2.45, 2.75) is 27.3 Å². The van der Waals surface area contributed by atoms with Crippen LogP contribution in [-0.2, 0) is 16.1 Å². The number of rotatable bonds is 4. The van der Waals surface area contributed by atoms with Gasteiger partial charge in [-0.15, -0.1) is 0 Å². The molecule has 0 aromatic carbocycles. The van der Waals surface area contributed by atoms with Gasteiger partial charge < -0.3 is 15.6 Å². The van der Waals surface area contributed by atoms with E-state index < -0.39 is 5.41 Å². The second kappa shape index (κ2) is 5.47. The topological polar surface area (TPSA) is 86.9 Å². The molecule has 94 valence electrons. The first-order valence-corrected chi connectivity index (χ1v) is 5.43. The van der Waals surface area contributed by atoms with Crippen LogP contribution < -0.4 is 10.6 Å². The first kappa shape index (κ1) is 13.2. The van der Waals surface area contributed by atoms with Gasteiger partial charge in [-0.2, -0.15) is 0 Å². The van der Waals surface area contributed by atoms with Gasteiger partial charge in [0, 0.05) is 17.8 Å². The van der Waals surface area contributed by atoms with Crippen LogP contribution in [-0.4, -0.2) is 28.3 Å². The maximum Gasteiger partial charge on any atom is 0.239 e. The summed E-state index contributed by atoms with van der Waals surface area (Å²) in [7, 11) is 0. The zero-order valence-corrected chi connectivity index (χ0v) is 10.3. The normalized spacial score (nSPS) is 11.0. The van der Waals surface area contributed by atoms with Gasteiger partial charge in [0.2, 0.25) is 11.8 Å². The van der Waals surface area contributed by atoms with Crippen LogP contribution in [0.1, 0.15) is 26.6 Å². The van der Waals surface area contributed by atoms with E-state index in [4.69, 9.17) is 0 Å². The number of hydrogen-bond donors (Lipinski definition) is 3. The molecule has 0 spiro atoms. The number of aromatic amines is 1. The number of imidazole rings is 1. The fourth-order valence-electron chi connectivity index (χ4n) is 1.07. The van der Waals surface area contributed by atoms with Gasteiger partial charge in [-0.25, -0.2) is 4.98 Å². The van der Waals surface area contributed by atoms with Gasteiger partial charge in [0.15, 0.2) is 0 Å². The van der Waals surface area contributed by atoms with Gasteiger partial charge in [0.1, 0.15) is 5.82 Å². The molecule has 0 radical (unpaired) electrons. The molecule has 0 unspecified atom stereocenters. The summed E-state index contributed by atoms with van der Waals surface area (Å²) in [4.78, 5) is 29.7. The Balaban J connectivity index is 2.24. The molecule has 0 fully saturated rings. The molecule has 1 heterocycles. The molecule has 17 heavy (non-hydrogen) atoms. The third-order valence-corrected chi connectivity index (χ3v) is 2.10. The molecule has 1 aromatic heterocycles. The lowest BCUT2D eigenvalue weighted by atomic mass is 9.96. The number of aromatic nitrogens is 2. The Morgan fingerprint density at radius 2 is 2.06 bits per heavy atom. The maximum absolute atomic E-state index is 11.5. The Hall–Kier alpha value is -1.85. The highest BCUT2D eigenvalue weighted by Gasteiger charge is 2.21. The fraction of sp³-hybridized carbons (Fsp3) is 0.545. The second-order valence-corrected chi connectivity index (χ2v) is 4.75. The van der Waals surface area contributed by atoms with Crippen molar-refractivity contribution in [3.63, 3.8) is 0 Å². The smallest absolute Gasteiger partial charge is 0.239 e. The van der Waals surface area contributed by atoms with Gasteiger partial charge in [0.05, 0.1) is 13.1 Å². The number of carbonyl (C=O) groups is 2. The average molecular weight is 238 g/mol. The molecule has 0 aliphatic heterocycles. The van der Waals surface area contributed by atoms with Crippen LogP contribution in [0.5, 0.6) is 0 Å². The van der Waals surface area contributed by atoms with E-state index in [1.165, 1.54) is 0 Å². The molecule has 1 aromatic rings. The van der Waals surface area contributed by atoms with Crippen molar-refractivity contribution in [1.29, 1.82) is 0 Å². The van der Waals surface area contributed by atoms with E-state index in [2.05, 4.69) is 20.6 Å². The summed E-state index contributed by atoms with van der Waals surface area (Å²) in [6.45, 7) is 5.70. The highest BCUT2D eigenvalue weighted by atomic mass is 16.2. The largest absolute Gasteiger partial charge is 0.347 e. The van der Waals surface area contributed by atoms with Crippen molar-refractivity contribution < 1.29 is 9.59 Å². The Morgan fingerprint density at radius 3 is 2.59 bits per heavy atom. The highest BCUT2D eigenvalue weighted by molar-refractivity contribution is 5.87. The summed E-state index contributed by atoms with van der Waals surface area (Å²) in [6.07, 6.45) is 3.30. The van der Waals surface area contributed by atoms with Crippen LogP contribution >= 0.6 is 0 Å². The first-order chi connectivity index (χ1) is 7.89. The average Bonchev–Trinajstić information content (AvgIpc) is 2.74. The number of amides is 2. The van der Waals surface area contributed by atoms with E-state index in [1.807, 2.05) is 0 Å². The van der Waals surface area contributed by atoms with Crippen LogP contribution in [0, 0.1) is 5.41 Å². The van der Waals surface area contributed by atoms with E-state index in [9.17, 15) is 9.59 Å². The molecule has 2 amide bonds. The minimum Gasteiger partial charge on any atom is -0.347 e. The Labute approximate surface area is 100 Å². The number of nitrogens with one attached hydrogen (secondary N) is 3. The van der Waals surface area contributed by atoms with Crippen molar-refractivity contribution in [3.8, 4) is 0 Å². The number of nitrogens with zero attached hydrogens (tertiary/aromatic N) is 1. The van der Waals surface area contributed by atoms with Gasteiger partial charge in [-0.05, 0) is 0 Å². The monoisotopic (exact) mass is 238 g/mol.